The number of hydrogen-bond acceptors (Lipinski definition) is 3. The van der Waals surface area contributed by atoms with E-state index in [9.17, 15) is 0 Å². The Bertz CT molecular complexity index is 468. The molecule has 0 radical (unpaired) electrons. The van der Waals surface area contributed by atoms with E-state index in [0.29, 0.717) is 6.54 Å². The number of rotatable bonds is 3. The van der Waals surface area contributed by atoms with Crippen molar-refractivity contribution in [3.63, 3.8) is 0 Å². The van der Waals surface area contributed by atoms with E-state index in [0.717, 1.165) is 16.3 Å². The second-order valence-corrected chi connectivity index (χ2v) is 4.55. The molecule has 1 heterocycles. The highest BCUT2D eigenvalue weighted by Gasteiger charge is 2.01. The van der Waals surface area contributed by atoms with Crippen LogP contribution in [-0.4, -0.2) is 17.3 Å². The number of thioether (sulfide) groups is 1. The number of nitrogens with two attached hydrogens (primary N) is 1. The van der Waals surface area contributed by atoms with Gasteiger partial charge in [0.2, 0.25) is 0 Å². The molecule has 0 aliphatic heterocycles. The molecule has 3 heteroatoms. The Balaban J connectivity index is 2.43. The van der Waals surface area contributed by atoms with Gasteiger partial charge in [-0.25, -0.2) is 4.98 Å². The molecular weight excluding hydrogens is 204 g/mol. The third kappa shape index (κ3) is 2.30. The Morgan fingerprint density at radius 1 is 1.33 bits per heavy atom. The van der Waals surface area contributed by atoms with Gasteiger partial charge in [-0.1, -0.05) is 18.2 Å². The van der Waals surface area contributed by atoms with Gasteiger partial charge in [0.1, 0.15) is 0 Å². The summed E-state index contributed by atoms with van der Waals surface area (Å²) in [6, 6.07) is 10.3. The molecule has 1 aromatic carbocycles. The molecule has 1 aromatic heterocycles. The summed E-state index contributed by atoms with van der Waals surface area (Å²) in [5, 5.41) is 2.30. The number of hydrogen-bond donors (Lipinski definition) is 1. The lowest BCUT2D eigenvalue weighted by Gasteiger charge is -2.05. The van der Waals surface area contributed by atoms with E-state index in [1.54, 1.807) is 11.8 Å². The highest BCUT2D eigenvalue weighted by atomic mass is 32.2. The first kappa shape index (κ1) is 10.5. The topological polar surface area (TPSA) is 38.9 Å². The van der Waals surface area contributed by atoms with Gasteiger partial charge in [0.25, 0.3) is 0 Å². The number of benzene rings is 1. The second-order valence-electron chi connectivity index (χ2n) is 3.43. The first-order valence-corrected chi connectivity index (χ1v) is 5.99. The van der Waals surface area contributed by atoms with Gasteiger partial charge >= 0.3 is 0 Å². The SMILES string of the molecule is Cc1cc(SCCN)nc2ccccc12. The van der Waals surface area contributed by atoms with E-state index >= 15 is 0 Å². The molecule has 0 atom stereocenters. The number of pyridine rings is 1. The largest absolute Gasteiger partial charge is 0.330 e. The predicted octanol–water partition coefficient (Wildman–Crippen LogP) is 2.59. The maximum atomic E-state index is 5.48. The summed E-state index contributed by atoms with van der Waals surface area (Å²) in [4.78, 5) is 4.58. The fraction of sp³-hybridized carbons (Fsp3) is 0.250. The zero-order chi connectivity index (χ0) is 10.7. The minimum atomic E-state index is 0.693. The van der Waals surface area contributed by atoms with Gasteiger partial charge in [0.05, 0.1) is 10.5 Å². The van der Waals surface area contributed by atoms with Crippen LogP contribution in [0, 0.1) is 6.92 Å². The summed E-state index contributed by atoms with van der Waals surface area (Å²) in [6.45, 7) is 2.81. The molecule has 0 aliphatic rings. The molecule has 0 unspecified atom stereocenters. The molecule has 0 fully saturated rings. The average Bonchev–Trinajstić information content (AvgIpc) is 2.26. The highest BCUT2D eigenvalue weighted by Crippen LogP contribution is 2.22. The first-order chi connectivity index (χ1) is 7.31. The molecule has 0 saturated carbocycles. The molecule has 0 bridgehead atoms. The average molecular weight is 218 g/mol. The van der Waals surface area contributed by atoms with E-state index in [-0.39, 0.29) is 0 Å². The van der Waals surface area contributed by atoms with Crippen LogP contribution >= 0.6 is 11.8 Å². The van der Waals surface area contributed by atoms with Crippen molar-refractivity contribution in [3.8, 4) is 0 Å². The molecule has 0 amide bonds. The van der Waals surface area contributed by atoms with Crippen molar-refractivity contribution in [2.45, 2.75) is 11.9 Å². The summed E-state index contributed by atoms with van der Waals surface area (Å²) in [5.74, 6) is 0.921. The van der Waals surface area contributed by atoms with E-state index in [4.69, 9.17) is 5.73 Å². The van der Waals surface area contributed by atoms with Crippen molar-refractivity contribution in [2.24, 2.45) is 5.73 Å². The highest BCUT2D eigenvalue weighted by molar-refractivity contribution is 7.99. The fourth-order valence-corrected chi connectivity index (χ4v) is 2.31. The van der Waals surface area contributed by atoms with Gasteiger partial charge in [-0.15, -0.1) is 11.8 Å². The van der Waals surface area contributed by atoms with Crippen LogP contribution in [0.2, 0.25) is 0 Å². The molecule has 2 N–H and O–H groups in total. The zero-order valence-electron chi connectivity index (χ0n) is 8.73. The zero-order valence-corrected chi connectivity index (χ0v) is 9.55. The Hall–Kier alpha value is -1.06. The fourth-order valence-electron chi connectivity index (χ4n) is 1.56. The van der Waals surface area contributed by atoms with Crippen molar-refractivity contribution in [3.05, 3.63) is 35.9 Å². The number of fused-ring (bicyclic) bond motifs is 1. The van der Waals surface area contributed by atoms with Crippen LogP contribution in [0.25, 0.3) is 10.9 Å². The summed E-state index contributed by atoms with van der Waals surface area (Å²) < 4.78 is 0. The predicted molar refractivity (Wildman–Crippen MR) is 66.3 cm³/mol. The van der Waals surface area contributed by atoms with Crippen LogP contribution < -0.4 is 5.73 Å². The van der Waals surface area contributed by atoms with E-state index in [1.165, 1.54) is 10.9 Å². The molecule has 0 spiro atoms. The molecule has 2 nitrogen and oxygen atoms in total. The third-order valence-electron chi connectivity index (χ3n) is 2.27. The van der Waals surface area contributed by atoms with Crippen molar-refractivity contribution >= 4 is 22.7 Å². The Morgan fingerprint density at radius 3 is 2.93 bits per heavy atom. The van der Waals surface area contributed by atoms with Gasteiger partial charge in [-0.3, -0.25) is 0 Å². The van der Waals surface area contributed by atoms with Crippen LogP contribution in [-0.2, 0) is 0 Å². The maximum absolute atomic E-state index is 5.48. The number of para-hydroxylation sites is 1. The van der Waals surface area contributed by atoms with Gasteiger partial charge in [-0.05, 0) is 24.6 Å². The molecule has 78 valence electrons. The quantitative estimate of drug-likeness (QED) is 0.805. The summed E-state index contributed by atoms with van der Waals surface area (Å²) in [5.41, 5.74) is 7.82. The molecular formula is C12H14N2S. The summed E-state index contributed by atoms with van der Waals surface area (Å²) >= 11 is 1.71. The van der Waals surface area contributed by atoms with Crippen molar-refractivity contribution < 1.29 is 0 Å². The lowest BCUT2D eigenvalue weighted by atomic mass is 10.1. The minimum absolute atomic E-state index is 0.693. The van der Waals surface area contributed by atoms with E-state index in [2.05, 4.69) is 30.1 Å². The van der Waals surface area contributed by atoms with Gasteiger partial charge < -0.3 is 5.73 Å². The monoisotopic (exact) mass is 218 g/mol. The molecule has 2 rings (SSSR count). The maximum Gasteiger partial charge on any atom is 0.0970 e. The molecule has 15 heavy (non-hydrogen) atoms. The number of nitrogens with zero attached hydrogens (tertiary/aromatic N) is 1. The van der Waals surface area contributed by atoms with Crippen LogP contribution in [0.1, 0.15) is 5.56 Å². The molecule has 2 aromatic rings. The lowest BCUT2D eigenvalue weighted by molar-refractivity contribution is 1.12. The Labute approximate surface area is 93.9 Å². The van der Waals surface area contributed by atoms with Gasteiger partial charge in [0.15, 0.2) is 0 Å². The second kappa shape index (κ2) is 4.64. The van der Waals surface area contributed by atoms with Gasteiger partial charge in [-0.2, -0.15) is 0 Å². The molecule has 0 saturated heterocycles. The normalized spacial score (nSPS) is 10.8. The van der Waals surface area contributed by atoms with Crippen molar-refractivity contribution in [1.29, 1.82) is 0 Å². The lowest BCUT2D eigenvalue weighted by Crippen LogP contribution is -2.01. The number of aromatic nitrogens is 1. The van der Waals surface area contributed by atoms with Crippen LogP contribution in [0.5, 0.6) is 0 Å². The number of aryl methyl sites for hydroxylation is 1. The molecule has 0 aliphatic carbocycles. The van der Waals surface area contributed by atoms with E-state index in [1.807, 2.05) is 12.1 Å². The Kier molecular flexibility index (Phi) is 3.23. The van der Waals surface area contributed by atoms with Crippen LogP contribution in [0.3, 0.4) is 0 Å². The first-order valence-electron chi connectivity index (χ1n) is 5.00. The standard InChI is InChI=1S/C12H14N2S/c1-9-8-12(15-7-6-13)14-11-5-3-2-4-10(9)11/h2-5,8H,6-7,13H2,1H3. The van der Waals surface area contributed by atoms with Crippen LogP contribution in [0.15, 0.2) is 35.4 Å². The minimum Gasteiger partial charge on any atom is -0.330 e. The van der Waals surface area contributed by atoms with Crippen molar-refractivity contribution in [1.82, 2.24) is 4.98 Å². The third-order valence-corrected chi connectivity index (χ3v) is 3.21. The smallest absolute Gasteiger partial charge is 0.0970 e. The van der Waals surface area contributed by atoms with Crippen molar-refractivity contribution in [2.75, 3.05) is 12.3 Å². The van der Waals surface area contributed by atoms with E-state index < -0.39 is 0 Å². The van der Waals surface area contributed by atoms with Crippen LogP contribution in [0.4, 0.5) is 0 Å². The summed E-state index contributed by atoms with van der Waals surface area (Å²) in [7, 11) is 0. The van der Waals surface area contributed by atoms with Gasteiger partial charge in [0, 0.05) is 17.7 Å². The Morgan fingerprint density at radius 2 is 2.13 bits per heavy atom. The summed E-state index contributed by atoms with van der Waals surface area (Å²) in [6.07, 6.45) is 0.